The van der Waals surface area contributed by atoms with Crippen LogP contribution in [0.25, 0.3) is 0 Å². The van der Waals surface area contributed by atoms with Gasteiger partial charge in [-0.3, -0.25) is 0 Å². The second-order valence-corrected chi connectivity index (χ2v) is 4.50. The van der Waals surface area contributed by atoms with E-state index in [1.54, 1.807) is 19.0 Å². The van der Waals surface area contributed by atoms with Crippen molar-refractivity contribution in [1.82, 2.24) is 15.5 Å². The molecule has 2 N–H and O–H groups in total. The highest BCUT2D eigenvalue weighted by atomic mass is 16.2. The van der Waals surface area contributed by atoms with E-state index in [1.807, 2.05) is 0 Å². The first-order chi connectivity index (χ1) is 6.53. The average molecular weight is 199 g/mol. The van der Waals surface area contributed by atoms with Gasteiger partial charge < -0.3 is 15.5 Å². The van der Waals surface area contributed by atoms with E-state index in [-0.39, 0.29) is 11.6 Å². The standard InChI is InChI=1S/C10H21N3O/c1-10(6-4-5-7-12-10)8-11-9(14)13(2)3/h12H,4-8H2,1-3H3,(H,11,14). The Balaban J connectivity index is 2.32. The molecule has 1 heterocycles. The Morgan fingerprint density at radius 1 is 1.50 bits per heavy atom. The lowest BCUT2D eigenvalue weighted by Crippen LogP contribution is -2.54. The topological polar surface area (TPSA) is 44.4 Å². The maximum Gasteiger partial charge on any atom is 0.316 e. The molecular weight excluding hydrogens is 178 g/mol. The Bertz CT molecular complexity index is 198. The van der Waals surface area contributed by atoms with Crippen LogP contribution in [-0.2, 0) is 0 Å². The average Bonchev–Trinajstić information content (AvgIpc) is 2.15. The molecule has 2 amide bonds. The predicted molar refractivity (Wildman–Crippen MR) is 57.3 cm³/mol. The smallest absolute Gasteiger partial charge is 0.316 e. The molecular formula is C10H21N3O. The molecule has 1 saturated heterocycles. The third-order valence-electron chi connectivity index (χ3n) is 2.74. The molecule has 1 unspecified atom stereocenters. The van der Waals surface area contributed by atoms with Crippen LogP contribution in [0, 0.1) is 0 Å². The van der Waals surface area contributed by atoms with Gasteiger partial charge in [0, 0.05) is 26.2 Å². The summed E-state index contributed by atoms with van der Waals surface area (Å²) in [6, 6.07) is -0.0152. The minimum atomic E-state index is -0.0152. The molecule has 14 heavy (non-hydrogen) atoms. The number of nitrogens with one attached hydrogen (secondary N) is 2. The van der Waals surface area contributed by atoms with Gasteiger partial charge >= 0.3 is 6.03 Å². The lowest BCUT2D eigenvalue weighted by molar-refractivity contribution is 0.206. The summed E-state index contributed by atoms with van der Waals surface area (Å²) in [5.74, 6) is 0. The molecule has 82 valence electrons. The number of carbonyl (C=O) groups excluding carboxylic acids is 1. The van der Waals surface area contributed by atoms with Crippen LogP contribution >= 0.6 is 0 Å². The van der Waals surface area contributed by atoms with Gasteiger partial charge in [0.1, 0.15) is 0 Å². The van der Waals surface area contributed by atoms with Gasteiger partial charge in [0.05, 0.1) is 0 Å². The van der Waals surface area contributed by atoms with Crippen molar-refractivity contribution >= 4 is 6.03 Å². The summed E-state index contributed by atoms with van der Waals surface area (Å²) in [7, 11) is 3.51. The van der Waals surface area contributed by atoms with Crippen molar-refractivity contribution in [3.8, 4) is 0 Å². The van der Waals surface area contributed by atoms with Crippen LogP contribution in [0.4, 0.5) is 4.79 Å². The molecule has 0 saturated carbocycles. The highest BCUT2D eigenvalue weighted by Crippen LogP contribution is 2.17. The summed E-state index contributed by atoms with van der Waals surface area (Å²) in [5, 5.41) is 6.37. The molecule has 1 rings (SSSR count). The van der Waals surface area contributed by atoms with E-state index in [0.29, 0.717) is 6.54 Å². The van der Waals surface area contributed by atoms with Gasteiger partial charge in [-0.1, -0.05) is 6.42 Å². The van der Waals surface area contributed by atoms with Crippen molar-refractivity contribution in [3.05, 3.63) is 0 Å². The van der Waals surface area contributed by atoms with Crippen molar-refractivity contribution in [3.63, 3.8) is 0 Å². The number of hydrogen-bond donors (Lipinski definition) is 2. The maximum absolute atomic E-state index is 11.3. The van der Waals surface area contributed by atoms with Crippen LogP contribution in [0.15, 0.2) is 0 Å². The Morgan fingerprint density at radius 3 is 2.71 bits per heavy atom. The van der Waals surface area contributed by atoms with E-state index in [4.69, 9.17) is 0 Å². The number of nitrogens with zero attached hydrogens (tertiary/aromatic N) is 1. The molecule has 0 bridgehead atoms. The first-order valence-corrected chi connectivity index (χ1v) is 5.24. The van der Waals surface area contributed by atoms with Crippen molar-refractivity contribution in [1.29, 1.82) is 0 Å². The molecule has 0 radical (unpaired) electrons. The van der Waals surface area contributed by atoms with E-state index in [1.165, 1.54) is 12.8 Å². The van der Waals surface area contributed by atoms with Crippen LogP contribution in [-0.4, -0.2) is 43.7 Å². The molecule has 1 atom stereocenters. The third-order valence-corrected chi connectivity index (χ3v) is 2.74. The Morgan fingerprint density at radius 2 is 2.21 bits per heavy atom. The SMILES string of the molecule is CN(C)C(=O)NCC1(C)CCCCN1. The summed E-state index contributed by atoms with van der Waals surface area (Å²) < 4.78 is 0. The molecule has 0 aliphatic carbocycles. The van der Waals surface area contributed by atoms with Crippen LogP contribution < -0.4 is 10.6 Å². The second kappa shape index (κ2) is 4.64. The van der Waals surface area contributed by atoms with E-state index in [9.17, 15) is 4.79 Å². The van der Waals surface area contributed by atoms with Gasteiger partial charge in [-0.15, -0.1) is 0 Å². The van der Waals surface area contributed by atoms with Crippen LogP contribution in [0.3, 0.4) is 0 Å². The van der Waals surface area contributed by atoms with Crippen LogP contribution in [0.1, 0.15) is 26.2 Å². The molecule has 4 nitrogen and oxygen atoms in total. The van der Waals surface area contributed by atoms with Gasteiger partial charge in [-0.05, 0) is 26.3 Å². The third kappa shape index (κ3) is 3.18. The summed E-state index contributed by atoms with van der Waals surface area (Å²) in [6.07, 6.45) is 3.64. The first kappa shape index (κ1) is 11.3. The Kier molecular flexibility index (Phi) is 3.75. The minimum Gasteiger partial charge on any atom is -0.336 e. The fourth-order valence-electron chi connectivity index (χ4n) is 1.70. The molecule has 1 fully saturated rings. The highest BCUT2D eigenvalue weighted by Gasteiger charge is 2.26. The van der Waals surface area contributed by atoms with Crippen molar-refractivity contribution in [2.75, 3.05) is 27.2 Å². The molecule has 1 aliphatic rings. The summed E-state index contributed by atoms with van der Waals surface area (Å²) >= 11 is 0. The number of carbonyl (C=O) groups is 1. The molecule has 0 aromatic rings. The van der Waals surface area contributed by atoms with E-state index in [0.717, 1.165) is 13.0 Å². The van der Waals surface area contributed by atoms with E-state index < -0.39 is 0 Å². The van der Waals surface area contributed by atoms with Crippen molar-refractivity contribution in [2.24, 2.45) is 0 Å². The largest absolute Gasteiger partial charge is 0.336 e. The monoisotopic (exact) mass is 199 g/mol. The quantitative estimate of drug-likeness (QED) is 0.690. The summed E-state index contributed by atoms with van der Waals surface area (Å²) in [4.78, 5) is 12.9. The number of piperidine rings is 1. The molecule has 1 aliphatic heterocycles. The van der Waals surface area contributed by atoms with Gasteiger partial charge in [0.2, 0.25) is 0 Å². The summed E-state index contributed by atoms with van der Waals surface area (Å²) in [5.41, 5.74) is 0.0872. The second-order valence-electron chi connectivity index (χ2n) is 4.50. The molecule has 0 spiro atoms. The fraction of sp³-hybridized carbons (Fsp3) is 0.900. The first-order valence-electron chi connectivity index (χ1n) is 5.24. The van der Waals surface area contributed by atoms with Crippen molar-refractivity contribution < 1.29 is 4.79 Å². The highest BCUT2D eigenvalue weighted by molar-refractivity contribution is 5.73. The lowest BCUT2D eigenvalue weighted by atomic mass is 9.91. The molecule has 0 aromatic heterocycles. The van der Waals surface area contributed by atoms with Gasteiger partial charge in [-0.2, -0.15) is 0 Å². The zero-order valence-electron chi connectivity index (χ0n) is 9.39. The van der Waals surface area contributed by atoms with E-state index >= 15 is 0 Å². The predicted octanol–water partition coefficient (Wildman–Crippen LogP) is 0.790. The normalized spacial score (nSPS) is 27.1. The Labute approximate surface area is 86.0 Å². The van der Waals surface area contributed by atoms with Gasteiger partial charge in [-0.25, -0.2) is 4.79 Å². The number of rotatable bonds is 2. The van der Waals surface area contributed by atoms with E-state index in [2.05, 4.69) is 17.6 Å². The molecule has 0 aromatic carbocycles. The van der Waals surface area contributed by atoms with Crippen LogP contribution in [0.2, 0.25) is 0 Å². The number of amides is 2. The number of hydrogen-bond acceptors (Lipinski definition) is 2. The number of urea groups is 1. The van der Waals surface area contributed by atoms with Crippen LogP contribution in [0.5, 0.6) is 0 Å². The lowest BCUT2D eigenvalue weighted by Gasteiger charge is -2.35. The Hall–Kier alpha value is -0.770. The zero-order valence-corrected chi connectivity index (χ0v) is 9.39. The minimum absolute atomic E-state index is 0.0152. The molecule has 4 heteroatoms. The maximum atomic E-state index is 11.3. The van der Waals surface area contributed by atoms with Crippen molar-refractivity contribution in [2.45, 2.75) is 31.7 Å². The zero-order chi connectivity index (χ0) is 10.6. The summed E-state index contributed by atoms with van der Waals surface area (Å²) in [6.45, 7) is 3.94. The van der Waals surface area contributed by atoms with Gasteiger partial charge in [0.15, 0.2) is 0 Å². The fourth-order valence-corrected chi connectivity index (χ4v) is 1.70. The van der Waals surface area contributed by atoms with Gasteiger partial charge in [0.25, 0.3) is 0 Å².